The third-order valence-electron chi connectivity index (χ3n) is 3.83. The van der Waals surface area contributed by atoms with Gasteiger partial charge < -0.3 is 15.5 Å². The van der Waals surface area contributed by atoms with Crippen molar-refractivity contribution in [2.24, 2.45) is 11.7 Å². The molecule has 1 aliphatic heterocycles. The van der Waals surface area contributed by atoms with Crippen LogP contribution in [0.4, 0.5) is 0 Å². The maximum Gasteiger partial charge on any atom is 0.257 e. The zero-order valence-electron chi connectivity index (χ0n) is 12.4. The Kier molecular flexibility index (Phi) is 5.67. The number of halogens is 2. The van der Waals surface area contributed by atoms with Crippen molar-refractivity contribution in [1.29, 1.82) is 0 Å². The van der Waals surface area contributed by atoms with Crippen molar-refractivity contribution in [3.8, 4) is 0 Å². The first-order valence-corrected chi connectivity index (χ1v) is 7.93. The van der Waals surface area contributed by atoms with Gasteiger partial charge in [-0.1, -0.05) is 36.2 Å². The van der Waals surface area contributed by atoms with Gasteiger partial charge in [0.1, 0.15) is 0 Å². The smallest absolute Gasteiger partial charge is 0.257 e. The van der Waals surface area contributed by atoms with E-state index in [1.54, 1.807) is 28.0 Å². The van der Waals surface area contributed by atoms with Crippen LogP contribution in [0.1, 0.15) is 17.3 Å². The van der Waals surface area contributed by atoms with Crippen molar-refractivity contribution in [3.63, 3.8) is 0 Å². The predicted octanol–water partition coefficient (Wildman–Crippen LogP) is 1.87. The molecule has 2 amide bonds. The molecule has 0 aromatic heterocycles. The highest BCUT2D eigenvalue weighted by Crippen LogP contribution is 2.26. The van der Waals surface area contributed by atoms with Crippen molar-refractivity contribution in [1.82, 2.24) is 9.80 Å². The number of carbonyl (C=O) groups excluding carboxylic acids is 2. The van der Waals surface area contributed by atoms with E-state index in [1.807, 2.05) is 6.92 Å². The molecule has 1 heterocycles. The number of piperazine rings is 1. The van der Waals surface area contributed by atoms with Gasteiger partial charge in [0.05, 0.1) is 15.6 Å². The summed E-state index contributed by atoms with van der Waals surface area (Å²) in [6, 6.07) is 4.99. The Bertz CT molecular complexity index is 552. The fourth-order valence-corrected chi connectivity index (χ4v) is 2.96. The molecule has 0 bridgehead atoms. The third-order valence-corrected chi connectivity index (χ3v) is 4.46. The average molecular weight is 344 g/mol. The maximum absolute atomic E-state index is 12.5. The number of nitrogens with zero attached hydrogens (tertiary/aromatic N) is 2. The second kappa shape index (κ2) is 7.31. The van der Waals surface area contributed by atoms with Gasteiger partial charge in [-0.3, -0.25) is 9.59 Å². The molecule has 0 spiro atoms. The first-order valence-electron chi connectivity index (χ1n) is 7.17. The molecule has 5 nitrogen and oxygen atoms in total. The Morgan fingerprint density at radius 3 is 2.14 bits per heavy atom. The molecule has 7 heteroatoms. The molecule has 1 aromatic rings. The number of carbonyl (C=O) groups is 2. The number of nitrogens with two attached hydrogens (primary N) is 1. The minimum Gasteiger partial charge on any atom is -0.339 e. The molecular weight excluding hydrogens is 325 g/mol. The predicted molar refractivity (Wildman–Crippen MR) is 87.2 cm³/mol. The summed E-state index contributed by atoms with van der Waals surface area (Å²) in [7, 11) is 0. The normalized spacial score (nSPS) is 16.5. The molecule has 1 fully saturated rings. The van der Waals surface area contributed by atoms with Gasteiger partial charge in [-0.25, -0.2) is 0 Å². The summed E-state index contributed by atoms with van der Waals surface area (Å²) in [5.41, 5.74) is 5.84. The van der Waals surface area contributed by atoms with E-state index in [0.717, 1.165) is 0 Å². The monoisotopic (exact) mass is 343 g/mol. The molecule has 1 aliphatic rings. The van der Waals surface area contributed by atoms with Crippen LogP contribution >= 0.6 is 23.2 Å². The van der Waals surface area contributed by atoms with E-state index in [0.29, 0.717) is 48.3 Å². The van der Waals surface area contributed by atoms with Crippen LogP contribution in [-0.2, 0) is 4.79 Å². The molecule has 0 aliphatic carbocycles. The van der Waals surface area contributed by atoms with Gasteiger partial charge in [-0.05, 0) is 12.1 Å². The molecule has 120 valence electrons. The molecule has 1 unspecified atom stereocenters. The molecule has 0 saturated carbocycles. The zero-order chi connectivity index (χ0) is 16.3. The Morgan fingerprint density at radius 1 is 1.14 bits per heavy atom. The lowest BCUT2D eigenvalue weighted by atomic mass is 10.1. The standard InChI is InChI=1S/C15H19Cl2N3O2/c1-10(9-18)14(21)19-5-7-20(8-6-19)15(22)13-11(16)3-2-4-12(13)17/h2-4,10H,5-9,18H2,1H3. The van der Waals surface area contributed by atoms with Crippen molar-refractivity contribution >= 4 is 35.0 Å². The van der Waals surface area contributed by atoms with Gasteiger partial charge in [0, 0.05) is 38.6 Å². The van der Waals surface area contributed by atoms with E-state index in [9.17, 15) is 9.59 Å². The van der Waals surface area contributed by atoms with Crippen LogP contribution in [0.25, 0.3) is 0 Å². The molecule has 1 atom stereocenters. The van der Waals surface area contributed by atoms with Gasteiger partial charge >= 0.3 is 0 Å². The summed E-state index contributed by atoms with van der Waals surface area (Å²) in [5, 5.41) is 0.681. The SMILES string of the molecule is CC(CN)C(=O)N1CCN(C(=O)c2c(Cl)cccc2Cl)CC1. The molecular formula is C15H19Cl2N3O2. The zero-order valence-corrected chi connectivity index (χ0v) is 13.9. The van der Waals surface area contributed by atoms with Gasteiger partial charge in [0.2, 0.25) is 5.91 Å². The number of hydrogen-bond acceptors (Lipinski definition) is 3. The second-order valence-corrected chi connectivity index (χ2v) is 6.17. The van der Waals surface area contributed by atoms with E-state index >= 15 is 0 Å². The lowest BCUT2D eigenvalue weighted by molar-refractivity contribution is -0.136. The van der Waals surface area contributed by atoms with Crippen LogP contribution in [0.15, 0.2) is 18.2 Å². The van der Waals surface area contributed by atoms with Crippen LogP contribution in [-0.4, -0.2) is 54.3 Å². The fourth-order valence-electron chi connectivity index (χ4n) is 2.40. The maximum atomic E-state index is 12.5. The van der Waals surface area contributed by atoms with Crippen molar-refractivity contribution in [3.05, 3.63) is 33.8 Å². The molecule has 0 radical (unpaired) electrons. The van der Waals surface area contributed by atoms with E-state index < -0.39 is 0 Å². The first-order chi connectivity index (χ1) is 10.5. The highest BCUT2D eigenvalue weighted by Gasteiger charge is 2.28. The van der Waals surface area contributed by atoms with Gasteiger partial charge in [0.15, 0.2) is 0 Å². The van der Waals surface area contributed by atoms with Crippen LogP contribution in [0.3, 0.4) is 0 Å². The van der Waals surface area contributed by atoms with E-state index in [4.69, 9.17) is 28.9 Å². The number of benzene rings is 1. The first kappa shape index (κ1) is 17.1. The Morgan fingerprint density at radius 2 is 1.64 bits per heavy atom. The van der Waals surface area contributed by atoms with Crippen molar-refractivity contribution in [2.45, 2.75) is 6.92 Å². The van der Waals surface area contributed by atoms with Crippen molar-refractivity contribution in [2.75, 3.05) is 32.7 Å². The van der Waals surface area contributed by atoms with E-state index in [-0.39, 0.29) is 17.7 Å². The summed E-state index contributed by atoms with van der Waals surface area (Å²) in [6.45, 7) is 4.05. The molecule has 1 aromatic carbocycles. The van der Waals surface area contributed by atoms with Crippen LogP contribution in [0.2, 0.25) is 10.0 Å². The topological polar surface area (TPSA) is 66.6 Å². The van der Waals surface area contributed by atoms with Crippen LogP contribution in [0, 0.1) is 5.92 Å². The third kappa shape index (κ3) is 3.54. The number of hydrogen-bond donors (Lipinski definition) is 1. The van der Waals surface area contributed by atoms with E-state index in [2.05, 4.69) is 0 Å². The van der Waals surface area contributed by atoms with Crippen LogP contribution < -0.4 is 5.73 Å². The lowest BCUT2D eigenvalue weighted by Gasteiger charge is -2.36. The highest BCUT2D eigenvalue weighted by molar-refractivity contribution is 6.39. The lowest BCUT2D eigenvalue weighted by Crippen LogP contribution is -2.52. The molecule has 2 rings (SSSR count). The Hall–Kier alpha value is -1.30. The van der Waals surface area contributed by atoms with Crippen LogP contribution in [0.5, 0.6) is 0 Å². The summed E-state index contributed by atoms with van der Waals surface area (Å²) in [4.78, 5) is 28.0. The molecule has 22 heavy (non-hydrogen) atoms. The highest BCUT2D eigenvalue weighted by atomic mass is 35.5. The fraction of sp³-hybridized carbons (Fsp3) is 0.467. The van der Waals surface area contributed by atoms with Gasteiger partial charge in [-0.2, -0.15) is 0 Å². The summed E-state index contributed by atoms with van der Waals surface area (Å²) in [5.74, 6) is -0.361. The van der Waals surface area contributed by atoms with Gasteiger partial charge in [0.25, 0.3) is 5.91 Å². The molecule has 2 N–H and O–H groups in total. The summed E-state index contributed by atoms with van der Waals surface area (Å²) < 4.78 is 0. The summed E-state index contributed by atoms with van der Waals surface area (Å²) >= 11 is 12.1. The Balaban J connectivity index is 2.03. The average Bonchev–Trinajstić information content (AvgIpc) is 2.53. The number of rotatable bonds is 3. The van der Waals surface area contributed by atoms with E-state index in [1.165, 1.54) is 0 Å². The van der Waals surface area contributed by atoms with Gasteiger partial charge in [-0.15, -0.1) is 0 Å². The largest absolute Gasteiger partial charge is 0.339 e. The molecule has 1 saturated heterocycles. The number of amides is 2. The Labute approximate surface area is 139 Å². The quantitative estimate of drug-likeness (QED) is 0.910. The second-order valence-electron chi connectivity index (χ2n) is 5.35. The minimum absolute atomic E-state index is 0.0328. The summed E-state index contributed by atoms with van der Waals surface area (Å²) in [6.07, 6.45) is 0. The van der Waals surface area contributed by atoms with Crippen molar-refractivity contribution < 1.29 is 9.59 Å². The minimum atomic E-state index is -0.199.